The number of amides is 2. The van der Waals surface area contributed by atoms with Gasteiger partial charge in [-0.15, -0.1) is 11.3 Å². The highest BCUT2D eigenvalue weighted by molar-refractivity contribution is 7.09. The van der Waals surface area contributed by atoms with E-state index in [1.807, 2.05) is 13.8 Å². The van der Waals surface area contributed by atoms with Crippen molar-refractivity contribution >= 4 is 46.4 Å². The van der Waals surface area contributed by atoms with Crippen LogP contribution in [0.5, 0.6) is 0 Å². The number of primary amides is 1. The van der Waals surface area contributed by atoms with Crippen LogP contribution >= 0.6 is 34.5 Å². The molecule has 0 saturated carbocycles. The maximum Gasteiger partial charge on any atom is 0.281 e. The summed E-state index contributed by atoms with van der Waals surface area (Å²) in [5.74, 6) is -0.967. The maximum atomic E-state index is 12.4. The molecule has 0 fully saturated rings. The lowest BCUT2D eigenvalue weighted by Gasteiger charge is -2.12. The van der Waals surface area contributed by atoms with Gasteiger partial charge in [-0.05, 0) is 31.5 Å². The van der Waals surface area contributed by atoms with Crippen LogP contribution in [0.2, 0.25) is 10.0 Å². The highest BCUT2D eigenvalue weighted by Gasteiger charge is 2.18. The molecule has 2 amide bonds. The lowest BCUT2D eigenvalue weighted by molar-refractivity contribution is -0.121. The first-order chi connectivity index (χ1) is 10.8. The Bertz CT molecular complexity index is 826. The van der Waals surface area contributed by atoms with Gasteiger partial charge in [-0.2, -0.15) is 4.99 Å². The van der Waals surface area contributed by atoms with E-state index < -0.39 is 17.9 Å². The Morgan fingerprint density at radius 3 is 2.65 bits per heavy atom. The highest BCUT2D eigenvalue weighted by Crippen LogP contribution is 2.21. The normalized spacial score (nSPS) is 13.1. The van der Waals surface area contributed by atoms with Crippen molar-refractivity contribution < 1.29 is 9.59 Å². The van der Waals surface area contributed by atoms with Crippen molar-refractivity contribution in [1.29, 1.82) is 0 Å². The third-order valence-corrected chi connectivity index (χ3v) is 4.66. The number of rotatable bonds is 4. The smallest absolute Gasteiger partial charge is 0.281 e. The van der Waals surface area contributed by atoms with Crippen LogP contribution in [0.15, 0.2) is 29.4 Å². The summed E-state index contributed by atoms with van der Waals surface area (Å²) in [6.45, 7) is 3.71. The van der Waals surface area contributed by atoms with Crippen molar-refractivity contribution in [1.82, 2.24) is 4.57 Å². The average Bonchev–Trinajstić information content (AvgIpc) is 2.79. The second kappa shape index (κ2) is 7.29. The maximum absolute atomic E-state index is 12.4. The van der Waals surface area contributed by atoms with Gasteiger partial charge in [0.05, 0.1) is 10.6 Å². The van der Waals surface area contributed by atoms with Gasteiger partial charge in [-0.1, -0.05) is 30.1 Å². The van der Waals surface area contributed by atoms with Crippen LogP contribution in [0.4, 0.5) is 0 Å². The minimum Gasteiger partial charge on any atom is -0.368 e. The van der Waals surface area contributed by atoms with E-state index in [2.05, 4.69) is 4.99 Å². The van der Waals surface area contributed by atoms with Gasteiger partial charge in [0.2, 0.25) is 5.91 Å². The second-order valence-electron chi connectivity index (χ2n) is 4.90. The van der Waals surface area contributed by atoms with Crippen molar-refractivity contribution in [3.8, 4) is 0 Å². The zero-order chi connectivity index (χ0) is 17.1. The molecule has 122 valence electrons. The molecule has 23 heavy (non-hydrogen) atoms. The highest BCUT2D eigenvalue weighted by atomic mass is 35.5. The van der Waals surface area contributed by atoms with Crippen LogP contribution in [-0.4, -0.2) is 16.4 Å². The molecule has 2 N–H and O–H groups in total. The van der Waals surface area contributed by atoms with E-state index in [0.29, 0.717) is 16.2 Å². The van der Waals surface area contributed by atoms with Crippen molar-refractivity contribution in [3.63, 3.8) is 0 Å². The summed E-state index contributed by atoms with van der Waals surface area (Å²) >= 11 is 13.2. The fourth-order valence-corrected chi connectivity index (χ4v) is 3.48. The van der Waals surface area contributed by atoms with Crippen LogP contribution in [0.3, 0.4) is 0 Å². The molecule has 1 aromatic heterocycles. The van der Waals surface area contributed by atoms with Crippen molar-refractivity contribution in [3.05, 3.63) is 49.7 Å². The van der Waals surface area contributed by atoms with Crippen LogP contribution in [-0.2, 0) is 4.79 Å². The molecule has 0 aliphatic rings. The van der Waals surface area contributed by atoms with Gasteiger partial charge in [0.15, 0.2) is 4.80 Å². The number of carbonyl (C=O) groups is 2. The van der Waals surface area contributed by atoms with Crippen molar-refractivity contribution in [2.45, 2.75) is 26.3 Å². The number of benzene rings is 1. The molecule has 0 radical (unpaired) electrons. The van der Waals surface area contributed by atoms with E-state index in [1.54, 1.807) is 16.8 Å². The number of hydrogen-bond acceptors (Lipinski definition) is 3. The van der Waals surface area contributed by atoms with E-state index in [0.717, 1.165) is 4.88 Å². The summed E-state index contributed by atoms with van der Waals surface area (Å²) in [6.07, 6.45) is 2.27. The molecule has 0 unspecified atom stereocenters. The van der Waals surface area contributed by atoms with Crippen LogP contribution in [0.25, 0.3) is 0 Å². The van der Waals surface area contributed by atoms with E-state index in [1.165, 1.54) is 23.5 Å². The Morgan fingerprint density at radius 2 is 2.09 bits per heavy atom. The second-order valence-corrected chi connectivity index (χ2v) is 6.96. The van der Waals surface area contributed by atoms with Gasteiger partial charge >= 0.3 is 0 Å². The number of nitrogens with two attached hydrogens (primary N) is 1. The molecule has 8 heteroatoms. The standard InChI is InChI=1S/C15H15Cl2N3O2S/c1-3-12(13(18)21)20-7-8(2)23-15(20)19-14(22)10-5-4-9(16)6-11(10)17/h4-7,12H,3H2,1-2H3,(H2,18,21)/t12-/m0/s1. The quantitative estimate of drug-likeness (QED) is 0.894. The molecule has 1 atom stereocenters. The van der Waals surface area contributed by atoms with Gasteiger partial charge in [-0.25, -0.2) is 0 Å². The molecule has 0 bridgehead atoms. The Kier molecular flexibility index (Phi) is 5.62. The number of hydrogen-bond donors (Lipinski definition) is 1. The predicted molar refractivity (Wildman–Crippen MR) is 91.9 cm³/mol. The molecule has 0 aliphatic heterocycles. The SMILES string of the molecule is CC[C@@H](C(N)=O)n1cc(C)sc1=NC(=O)c1ccc(Cl)cc1Cl. The fraction of sp³-hybridized carbons (Fsp3) is 0.267. The Hall–Kier alpha value is -1.63. The summed E-state index contributed by atoms with van der Waals surface area (Å²) < 4.78 is 1.63. The molecule has 0 saturated heterocycles. The number of thiazole rings is 1. The first kappa shape index (κ1) is 17.7. The first-order valence-corrected chi connectivity index (χ1v) is 8.42. The molecule has 0 aliphatic carbocycles. The zero-order valence-electron chi connectivity index (χ0n) is 12.5. The lowest BCUT2D eigenvalue weighted by atomic mass is 10.2. The van der Waals surface area contributed by atoms with E-state index in [-0.39, 0.29) is 10.6 Å². The predicted octanol–water partition coefficient (Wildman–Crippen LogP) is 3.34. The molecule has 2 aromatic rings. The number of carbonyl (C=O) groups excluding carboxylic acids is 2. The third-order valence-electron chi connectivity index (χ3n) is 3.20. The molecule has 0 spiro atoms. The summed E-state index contributed by atoms with van der Waals surface area (Å²) in [4.78, 5) is 29.4. The van der Waals surface area contributed by atoms with Gasteiger partial charge in [0.25, 0.3) is 5.91 Å². The Morgan fingerprint density at radius 1 is 1.39 bits per heavy atom. The summed E-state index contributed by atoms with van der Waals surface area (Å²) in [5.41, 5.74) is 5.67. The zero-order valence-corrected chi connectivity index (χ0v) is 14.9. The van der Waals surface area contributed by atoms with Crippen LogP contribution in [0.1, 0.15) is 34.6 Å². The van der Waals surface area contributed by atoms with Crippen LogP contribution in [0, 0.1) is 6.92 Å². The largest absolute Gasteiger partial charge is 0.368 e. The monoisotopic (exact) mass is 371 g/mol. The Labute approximate surface area is 147 Å². The molecule has 5 nitrogen and oxygen atoms in total. The van der Waals surface area contributed by atoms with Gasteiger partial charge in [0, 0.05) is 16.1 Å². The summed E-state index contributed by atoms with van der Waals surface area (Å²) in [5, 5.41) is 0.668. The number of aromatic nitrogens is 1. The average molecular weight is 372 g/mol. The van der Waals surface area contributed by atoms with E-state index >= 15 is 0 Å². The van der Waals surface area contributed by atoms with Gasteiger partial charge < -0.3 is 10.3 Å². The number of nitrogens with zero attached hydrogens (tertiary/aromatic N) is 2. The number of aryl methyl sites for hydroxylation is 1. The molecular weight excluding hydrogens is 357 g/mol. The van der Waals surface area contributed by atoms with Gasteiger partial charge in [0.1, 0.15) is 6.04 Å². The van der Waals surface area contributed by atoms with E-state index in [9.17, 15) is 9.59 Å². The minimum atomic E-state index is -0.549. The minimum absolute atomic E-state index is 0.230. The Balaban J connectivity index is 2.51. The van der Waals surface area contributed by atoms with E-state index in [4.69, 9.17) is 28.9 Å². The molecule has 2 rings (SSSR count). The van der Waals surface area contributed by atoms with Crippen molar-refractivity contribution in [2.75, 3.05) is 0 Å². The van der Waals surface area contributed by atoms with Gasteiger partial charge in [-0.3, -0.25) is 9.59 Å². The molecular formula is C15H15Cl2N3O2S. The first-order valence-electron chi connectivity index (χ1n) is 6.85. The molecule has 1 aromatic carbocycles. The summed E-state index contributed by atoms with van der Waals surface area (Å²) in [7, 11) is 0. The molecule has 1 heterocycles. The fourth-order valence-electron chi connectivity index (χ4n) is 2.12. The summed E-state index contributed by atoms with van der Waals surface area (Å²) in [6, 6.07) is 4.03. The number of halogens is 2. The van der Waals surface area contributed by atoms with Crippen LogP contribution < -0.4 is 10.5 Å². The lowest BCUT2D eigenvalue weighted by Crippen LogP contribution is -2.31. The third kappa shape index (κ3) is 4.02. The van der Waals surface area contributed by atoms with Crippen molar-refractivity contribution in [2.24, 2.45) is 10.7 Å². The topological polar surface area (TPSA) is 77.5 Å².